The van der Waals surface area contributed by atoms with Crippen LogP contribution in [-0.2, 0) is 25.5 Å². The number of esters is 1. The lowest BCUT2D eigenvalue weighted by Gasteiger charge is -2.43. The molecule has 280 valence electrons. The Morgan fingerprint density at radius 2 is 1.52 bits per heavy atom. The molecule has 0 radical (unpaired) electrons. The fourth-order valence-corrected chi connectivity index (χ4v) is 8.32. The molecule has 1 unspecified atom stereocenters. The third-order valence-electron chi connectivity index (χ3n) is 10.2. The summed E-state index contributed by atoms with van der Waals surface area (Å²) in [5.74, 6) is 0.204. The predicted molar refractivity (Wildman–Crippen MR) is 213 cm³/mol. The van der Waals surface area contributed by atoms with Gasteiger partial charge in [0.05, 0.1) is 19.1 Å². The second-order valence-electron chi connectivity index (χ2n) is 13.5. The molecule has 0 aromatic heterocycles. The number of nitrogens with one attached hydrogen (secondary N) is 1. The highest BCUT2D eigenvalue weighted by Gasteiger charge is 2.49. The number of nitrogens with zero attached hydrogens (tertiary/aromatic N) is 4. The van der Waals surface area contributed by atoms with E-state index in [4.69, 9.17) is 9.47 Å². The maximum Gasteiger partial charge on any atom is 0.357 e. The van der Waals surface area contributed by atoms with Gasteiger partial charge in [-0.15, -0.1) is 0 Å². The highest BCUT2D eigenvalue weighted by Crippen LogP contribution is 2.42. The maximum absolute atomic E-state index is 14.5. The van der Waals surface area contributed by atoms with Crippen molar-refractivity contribution in [1.82, 2.24) is 10.2 Å². The van der Waals surface area contributed by atoms with E-state index < -0.39 is 16.6 Å². The third-order valence-corrected chi connectivity index (χ3v) is 11.1. The minimum Gasteiger partial charge on any atom is -0.497 e. The Balaban J connectivity index is 1.21. The lowest BCUT2D eigenvalue weighted by atomic mass is 9.68. The molecule has 1 atom stereocenters. The van der Waals surface area contributed by atoms with Crippen molar-refractivity contribution in [2.24, 2.45) is 4.99 Å². The minimum absolute atomic E-state index is 0.0874. The quantitative estimate of drug-likeness (QED) is 0.0843. The topological polar surface area (TPSA) is 127 Å². The summed E-state index contributed by atoms with van der Waals surface area (Å²) in [7, 11) is 2.88. The molecule has 1 saturated heterocycles. The number of amidine groups is 1. The molecule has 11 nitrogen and oxygen atoms in total. The number of rotatable bonds is 13. The zero-order valence-corrected chi connectivity index (χ0v) is 31.6. The van der Waals surface area contributed by atoms with Gasteiger partial charge in [0, 0.05) is 41.1 Å². The molecule has 6 rings (SSSR count). The number of allylic oxidation sites excluding steroid dienone is 1. The van der Waals surface area contributed by atoms with Crippen LogP contribution in [0.15, 0.2) is 126 Å². The molecule has 2 aliphatic rings. The molecule has 1 N–H and O–H groups in total. The number of anilines is 1. The van der Waals surface area contributed by atoms with Gasteiger partial charge in [0.25, 0.3) is 5.69 Å². The molecule has 0 bridgehead atoms. The minimum atomic E-state index is -1.80. The molecule has 0 spiro atoms. The third kappa shape index (κ3) is 8.35. The molecule has 0 saturated carbocycles. The van der Waals surface area contributed by atoms with E-state index in [1.54, 1.807) is 20.1 Å². The summed E-state index contributed by atoms with van der Waals surface area (Å²) in [6, 6.07) is 34.6. The standard InChI is InChI=1S/C42H45N5O6S/c1-31-29-42(39(49)53-3,44-40(43-31)54-30-32-16-22-37(52-2)23-17-32)46(35-18-20-36(21-19-35)47(50)51)38(48)15-10-26-45-27-24-41(25-28-45,33-11-6-4-7-12-33)34-13-8-5-9-14-34/h4-9,11-14,16-23,29H,10,15,24-28,30H2,1-3H3,(H,43,44). The van der Waals surface area contributed by atoms with Crippen molar-refractivity contribution in [3.63, 3.8) is 0 Å². The van der Waals surface area contributed by atoms with Crippen LogP contribution in [0.3, 0.4) is 0 Å². The summed E-state index contributed by atoms with van der Waals surface area (Å²) in [4.78, 5) is 47.9. The van der Waals surface area contributed by atoms with Gasteiger partial charge < -0.3 is 19.7 Å². The number of hydrogen-bond donors (Lipinski definition) is 1. The van der Waals surface area contributed by atoms with Crippen LogP contribution in [0.4, 0.5) is 11.4 Å². The zero-order valence-electron chi connectivity index (χ0n) is 30.8. The summed E-state index contributed by atoms with van der Waals surface area (Å²) in [6.07, 6.45) is 4.13. The number of hydrogen-bond acceptors (Lipinski definition) is 10. The van der Waals surface area contributed by atoms with Gasteiger partial charge in [-0.3, -0.25) is 19.8 Å². The van der Waals surface area contributed by atoms with E-state index in [0.29, 0.717) is 35.3 Å². The van der Waals surface area contributed by atoms with Crippen molar-refractivity contribution in [2.45, 2.75) is 49.4 Å². The van der Waals surface area contributed by atoms with E-state index >= 15 is 0 Å². The molecule has 4 aromatic rings. The van der Waals surface area contributed by atoms with Crippen LogP contribution in [0.1, 0.15) is 49.3 Å². The van der Waals surface area contributed by atoms with Crippen LogP contribution in [0.25, 0.3) is 0 Å². The van der Waals surface area contributed by atoms with E-state index in [1.807, 2.05) is 36.4 Å². The molecule has 2 heterocycles. The van der Waals surface area contributed by atoms with Gasteiger partial charge in [-0.1, -0.05) is 84.6 Å². The first-order chi connectivity index (χ1) is 26.2. The van der Waals surface area contributed by atoms with Crippen LogP contribution < -0.4 is 15.0 Å². The number of likely N-dealkylation sites (tertiary alicyclic amines) is 1. The fraction of sp³-hybridized carbons (Fsp3) is 0.310. The van der Waals surface area contributed by atoms with E-state index in [1.165, 1.54) is 59.2 Å². The SMILES string of the molecule is COC(=O)C1(N(C(=O)CCCN2CCC(c3ccccc3)(c3ccccc3)CC2)c2ccc([N+](=O)[O-])cc2)C=C(C)N=C(SCc2ccc(OC)cc2)N1. The largest absolute Gasteiger partial charge is 0.497 e. The van der Waals surface area contributed by atoms with E-state index in [2.05, 4.69) is 63.7 Å². The number of piperidine rings is 1. The Kier molecular flexibility index (Phi) is 12.1. The lowest BCUT2D eigenvalue weighted by molar-refractivity contribution is -0.384. The van der Waals surface area contributed by atoms with Crippen LogP contribution in [0.5, 0.6) is 5.75 Å². The number of nitro groups is 1. The number of amides is 1. The van der Waals surface area contributed by atoms with Crippen LogP contribution in [0, 0.1) is 10.1 Å². The van der Waals surface area contributed by atoms with Crippen molar-refractivity contribution in [3.8, 4) is 5.75 Å². The van der Waals surface area contributed by atoms with Crippen molar-refractivity contribution in [3.05, 3.63) is 148 Å². The average molecular weight is 748 g/mol. The number of benzene rings is 4. The molecule has 1 amide bonds. The van der Waals surface area contributed by atoms with Gasteiger partial charge >= 0.3 is 5.97 Å². The van der Waals surface area contributed by atoms with Crippen molar-refractivity contribution in [1.29, 1.82) is 0 Å². The number of carbonyl (C=O) groups is 2. The number of carbonyl (C=O) groups excluding carboxylic acids is 2. The second-order valence-corrected chi connectivity index (χ2v) is 14.4. The average Bonchev–Trinajstić information content (AvgIpc) is 3.21. The first kappa shape index (κ1) is 38.3. The van der Waals surface area contributed by atoms with Gasteiger partial charge in [-0.25, -0.2) is 9.79 Å². The van der Waals surface area contributed by atoms with Gasteiger partial charge in [0.15, 0.2) is 5.17 Å². The summed E-state index contributed by atoms with van der Waals surface area (Å²) >= 11 is 1.38. The first-order valence-corrected chi connectivity index (χ1v) is 19.0. The smallest absolute Gasteiger partial charge is 0.357 e. The predicted octanol–water partition coefficient (Wildman–Crippen LogP) is 7.46. The Hall–Kier alpha value is -5.46. The Labute approximate surface area is 320 Å². The van der Waals surface area contributed by atoms with Crippen LogP contribution in [-0.4, -0.2) is 66.4 Å². The van der Waals surface area contributed by atoms with Crippen LogP contribution in [0.2, 0.25) is 0 Å². The number of methoxy groups -OCH3 is 2. The van der Waals surface area contributed by atoms with Gasteiger partial charge in [0.2, 0.25) is 11.6 Å². The molecular formula is C42H45N5O6S. The number of ether oxygens (including phenoxy) is 2. The van der Waals surface area contributed by atoms with Crippen molar-refractivity contribution < 1.29 is 24.0 Å². The Bertz CT molecular complexity index is 1940. The summed E-state index contributed by atoms with van der Waals surface area (Å²) < 4.78 is 10.6. The fourth-order valence-electron chi connectivity index (χ4n) is 7.39. The van der Waals surface area contributed by atoms with E-state index in [9.17, 15) is 19.7 Å². The monoisotopic (exact) mass is 747 g/mol. The van der Waals surface area contributed by atoms with E-state index in [-0.39, 0.29) is 23.4 Å². The number of thioether (sulfide) groups is 1. The summed E-state index contributed by atoms with van der Waals surface area (Å²) in [6.45, 7) is 4.18. The number of nitro benzene ring substituents is 1. The van der Waals surface area contributed by atoms with Gasteiger partial charge in [0.1, 0.15) is 5.75 Å². The molecule has 12 heteroatoms. The number of non-ortho nitro benzene ring substituents is 1. The Morgan fingerprint density at radius 3 is 2.07 bits per heavy atom. The molecule has 54 heavy (non-hydrogen) atoms. The normalized spacial score (nSPS) is 18.1. The molecule has 1 fully saturated rings. The van der Waals surface area contributed by atoms with Gasteiger partial charge in [-0.05, 0) is 92.9 Å². The zero-order chi connectivity index (χ0) is 38.1. The molecule has 0 aliphatic carbocycles. The number of aliphatic imine (C=N–C) groups is 1. The molecule has 4 aromatic carbocycles. The Morgan fingerprint density at radius 1 is 0.907 bits per heavy atom. The molecular weight excluding hydrogens is 703 g/mol. The van der Waals surface area contributed by atoms with Crippen molar-refractivity contribution >= 4 is 40.2 Å². The van der Waals surface area contributed by atoms with E-state index in [0.717, 1.165) is 37.2 Å². The molecule has 2 aliphatic heterocycles. The first-order valence-electron chi connectivity index (χ1n) is 18.0. The summed E-state index contributed by atoms with van der Waals surface area (Å²) in [5.41, 5.74) is 2.42. The lowest BCUT2D eigenvalue weighted by Crippen LogP contribution is -2.67. The maximum atomic E-state index is 14.5. The second kappa shape index (κ2) is 17.1. The summed E-state index contributed by atoms with van der Waals surface area (Å²) in [5, 5.41) is 15.2. The van der Waals surface area contributed by atoms with Crippen molar-refractivity contribution in [2.75, 3.05) is 38.8 Å². The van der Waals surface area contributed by atoms with Crippen LogP contribution >= 0.6 is 11.8 Å². The highest BCUT2D eigenvalue weighted by atomic mass is 32.2. The highest BCUT2D eigenvalue weighted by molar-refractivity contribution is 8.13. The van der Waals surface area contributed by atoms with Gasteiger partial charge in [-0.2, -0.15) is 0 Å².